The molecule has 0 spiro atoms. The summed E-state index contributed by atoms with van der Waals surface area (Å²) in [4.78, 5) is 12.8. The van der Waals surface area contributed by atoms with Gasteiger partial charge in [0.25, 0.3) is 0 Å². The zero-order valence-electron chi connectivity index (χ0n) is 12.6. The number of pyridine rings is 1. The SMILES string of the molecule is C=CC(=C)/C=C(/Nc1nccc(-c2cccnc2)n1)C(=C)C. The molecular formula is C18H18N4. The molecule has 0 bridgehead atoms. The number of hydrogen-bond donors (Lipinski definition) is 1. The monoisotopic (exact) mass is 290 g/mol. The first kappa shape index (κ1) is 15.4. The highest BCUT2D eigenvalue weighted by Gasteiger charge is 2.05. The number of nitrogens with zero attached hydrogens (tertiary/aromatic N) is 3. The number of aromatic nitrogens is 3. The van der Waals surface area contributed by atoms with Crippen molar-refractivity contribution in [3.8, 4) is 11.3 Å². The van der Waals surface area contributed by atoms with E-state index in [1.807, 2.05) is 31.2 Å². The lowest BCUT2D eigenvalue weighted by Gasteiger charge is -2.10. The summed E-state index contributed by atoms with van der Waals surface area (Å²) in [5, 5.41) is 3.16. The van der Waals surface area contributed by atoms with Crippen molar-refractivity contribution in [3.05, 3.63) is 85.5 Å². The largest absolute Gasteiger partial charge is 0.324 e. The third-order valence-electron chi connectivity index (χ3n) is 2.91. The van der Waals surface area contributed by atoms with Crippen LogP contribution in [0.25, 0.3) is 11.3 Å². The van der Waals surface area contributed by atoms with Gasteiger partial charge in [0, 0.05) is 29.9 Å². The van der Waals surface area contributed by atoms with Crippen molar-refractivity contribution in [1.82, 2.24) is 15.0 Å². The summed E-state index contributed by atoms with van der Waals surface area (Å²) in [5.74, 6) is 0.493. The van der Waals surface area contributed by atoms with Gasteiger partial charge in [-0.1, -0.05) is 25.8 Å². The van der Waals surface area contributed by atoms with Crippen LogP contribution in [0.15, 0.2) is 85.5 Å². The lowest BCUT2D eigenvalue weighted by Crippen LogP contribution is -2.05. The van der Waals surface area contributed by atoms with Crippen molar-refractivity contribution in [1.29, 1.82) is 0 Å². The maximum absolute atomic E-state index is 4.50. The number of anilines is 1. The van der Waals surface area contributed by atoms with Gasteiger partial charge in [-0.3, -0.25) is 4.98 Å². The molecule has 0 aliphatic heterocycles. The Hall–Kier alpha value is -3.01. The molecule has 0 atom stereocenters. The average molecular weight is 290 g/mol. The topological polar surface area (TPSA) is 50.7 Å². The first-order valence-electron chi connectivity index (χ1n) is 6.79. The Morgan fingerprint density at radius 2 is 2.05 bits per heavy atom. The Bertz CT molecular complexity index is 730. The summed E-state index contributed by atoms with van der Waals surface area (Å²) in [6, 6.07) is 5.67. The highest BCUT2D eigenvalue weighted by atomic mass is 15.1. The van der Waals surface area contributed by atoms with Crippen molar-refractivity contribution in [2.45, 2.75) is 6.92 Å². The second kappa shape index (κ2) is 7.13. The van der Waals surface area contributed by atoms with Crippen LogP contribution < -0.4 is 5.32 Å². The van der Waals surface area contributed by atoms with E-state index >= 15 is 0 Å². The molecule has 2 aromatic rings. The normalized spacial score (nSPS) is 10.9. The molecule has 4 nitrogen and oxygen atoms in total. The van der Waals surface area contributed by atoms with Gasteiger partial charge in [-0.15, -0.1) is 0 Å². The highest BCUT2D eigenvalue weighted by molar-refractivity contribution is 5.59. The molecule has 2 aromatic heterocycles. The quantitative estimate of drug-likeness (QED) is 0.812. The van der Waals surface area contributed by atoms with Crippen molar-refractivity contribution < 1.29 is 0 Å². The summed E-state index contributed by atoms with van der Waals surface area (Å²) in [7, 11) is 0. The minimum absolute atomic E-state index is 0.493. The van der Waals surface area contributed by atoms with Crippen molar-refractivity contribution in [2.24, 2.45) is 0 Å². The average Bonchev–Trinajstić information content (AvgIpc) is 2.55. The molecule has 22 heavy (non-hydrogen) atoms. The Balaban J connectivity index is 2.30. The summed E-state index contributed by atoms with van der Waals surface area (Å²) in [6.45, 7) is 13.4. The van der Waals surface area contributed by atoms with E-state index in [9.17, 15) is 0 Å². The number of rotatable bonds is 6. The number of allylic oxidation sites excluding steroid dienone is 4. The van der Waals surface area contributed by atoms with Gasteiger partial charge in [0.1, 0.15) is 0 Å². The molecule has 2 heterocycles. The van der Waals surface area contributed by atoms with Crippen molar-refractivity contribution in [2.75, 3.05) is 5.32 Å². The lowest BCUT2D eigenvalue weighted by molar-refractivity contribution is 1.14. The van der Waals surface area contributed by atoms with E-state index in [0.29, 0.717) is 5.95 Å². The first-order chi connectivity index (χ1) is 10.6. The third-order valence-corrected chi connectivity index (χ3v) is 2.91. The summed E-state index contributed by atoms with van der Waals surface area (Å²) in [6.07, 6.45) is 8.73. The van der Waals surface area contributed by atoms with Gasteiger partial charge in [0.2, 0.25) is 5.95 Å². The molecule has 0 saturated carbocycles. The summed E-state index contributed by atoms with van der Waals surface area (Å²) >= 11 is 0. The second-order valence-electron chi connectivity index (χ2n) is 4.75. The maximum atomic E-state index is 4.50. The van der Waals surface area contributed by atoms with Crippen LogP contribution in [0, 0.1) is 0 Å². The summed E-state index contributed by atoms with van der Waals surface area (Å²) < 4.78 is 0. The van der Waals surface area contributed by atoms with Crippen LogP contribution in [0.5, 0.6) is 0 Å². The lowest BCUT2D eigenvalue weighted by atomic mass is 10.1. The molecule has 0 fully saturated rings. The van der Waals surface area contributed by atoms with Gasteiger partial charge in [-0.25, -0.2) is 9.97 Å². The predicted molar refractivity (Wildman–Crippen MR) is 91.1 cm³/mol. The smallest absolute Gasteiger partial charge is 0.227 e. The van der Waals surface area contributed by atoms with Crippen LogP contribution in [-0.2, 0) is 0 Å². The standard InChI is InChI=1S/C18H18N4/c1-5-14(4)11-17(13(2)3)22-18-20-10-8-16(21-18)15-7-6-9-19-12-15/h5-12H,1-2,4H2,3H3,(H,20,21,22)/b17-11+. The number of hydrogen-bond acceptors (Lipinski definition) is 4. The zero-order valence-corrected chi connectivity index (χ0v) is 12.6. The fraction of sp³-hybridized carbons (Fsp3) is 0.0556. The van der Waals surface area contributed by atoms with Crippen LogP contribution >= 0.6 is 0 Å². The van der Waals surface area contributed by atoms with E-state index in [-0.39, 0.29) is 0 Å². The molecule has 0 saturated heterocycles. The van der Waals surface area contributed by atoms with Crippen LogP contribution in [0.2, 0.25) is 0 Å². The molecule has 0 aliphatic rings. The molecular weight excluding hydrogens is 272 g/mol. The Morgan fingerprint density at radius 3 is 2.68 bits per heavy atom. The highest BCUT2D eigenvalue weighted by Crippen LogP contribution is 2.18. The van der Waals surface area contributed by atoms with E-state index in [1.54, 1.807) is 24.7 Å². The molecule has 0 radical (unpaired) electrons. The predicted octanol–water partition coefficient (Wildman–Crippen LogP) is 4.15. The van der Waals surface area contributed by atoms with Crippen LogP contribution in [0.3, 0.4) is 0 Å². The molecule has 0 aromatic carbocycles. The fourth-order valence-electron chi connectivity index (χ4n) is 1.72. The van der Waals surface area contributed by atoms with Crippen molar-refractivity contribution in [3.63, 3.8) is 0 Å². The summed E-state index contributed by atoms with van der Waals surface area (Å²) in [5.41, 5.74) is 4.18. The molecule has 1 N–H and O–H groups in total. The zero-order chi connectivity index (χ0) is 15.9. The van der Waals surface area contributed by atoms with Gasteiger partial charge >= 0.3 is 0 Å². The van der Waals surface area contributed by atoms with Gasteiger partial charge in [-0.2, -0.15) is 0 Å². The molecule has 2 rings (SSSR count). The van der Waals surface area contributed by atoms with Crippen LogP contribution in [0.4, 0.5) is 5.95 Å². The minimum Gasteiger partial charge on any atom is -0.324 e. The van der Waals surface area contributed by atoms with Gasteiger partial charge in [0.15, 0.2) is 0 Å². The second-order valence-corrected chi connectivity index (χ2v) is 4.75. The van der Waals surface area contributed by atoms with Crippen LogP contribution in [-0.4, -0.2) is 15.0 Å². The van der Waals surface area contributed by atoms with Gasteiger partial charge in [0.05, 0.1) is 5.69 Å². The van der Waals surface area contributed by atoms with Gasteiger partial charge < -0.3 is 5.32 Å². The van der Waals surface area contributed by atoms with E-state index in [1.165, 1.54) is 0 Å². The Kier molecular flexibility index (Phi) is 4.98. The Labute approximate surface area is 130 Å². The molecule has 110 valence electrons. The minimum atomic E-state index is 0.493. The fourth-order valence-corrected chi connectivity index (χ4v) is 1.72. The van der Waals surface area contributed by atoms with Crippen molar-refractivity contribution >= 4 is 5.95 Å². The molecule has 0 unspecified atom stereocenters. The molecule has 0 amide bonds. The molecule has 0 aliphatic carbocycles. The van der Waals surface area contributed by atoms with Crippen LogP contribution in [0.1, 0.15) is 6.92 Å². The van der Waals surface area contributed by atoms with E-state index in [0.717, 1.165) is 28.1 Å². The first-order valence-corrected chi connectivity index (χ1v) is 6.79. The van der Waals surface area contributed by atoms with Gasteiger partial charge in [-0.05, 0) is 42.3 Å². The Morgan fingerprint density at radius 1 is 1.23 bits per heavy atom. The van der Waals surface area contributed by atoms with E-state index in [4.69, 9.17) is 0 Å². The number of nitrogens with one attached hydrogen (secondary N) is 1. The third kappa shape index (κ3) is 3.99. The van der Waals surface area contributed by atoms with E-state index < -0.39 is 0 Å². The van der Waals surface area contributed by atoms with E-state index in [2.05, 4.69) is 40.0 Å². The molecule has 4 heteroatoms. The maximum Gasteiger partial charge on any atom is 0.227 e.